The highest BCUT2D eigenvalue weighted by molar-refractivity contribution is 6.37. The zero-order valence-corrected chi connectivity index (χ0v) is 12.2. The average molecular weight is 249 g/mol. The zero-order chi connectivity index (χ0) is 13.3. The Labute approximate surface area is 113 Å². The Balaban J connectivity index is 2.86. The van der Waals surface area contributed by atoms with Crippen LogP contribution in [0.5, 0.6) is 0 Å². The van der Waals surface area contributed by atoms with Crippen LogP contribution in [0.1, 0.15) is 22.3 Å². The number of hydrogen-bond donors (Lipinski definition) is 0. The fourth-order valence-corrected chi connectivity index (χ4v) is 2.81. The Hall–Kier alpha value is -1.60. The number of hydrogen-bond acceptors (Lipinski definition) is 0. The third-order valence-electron chi connectivity index (χ3n) is 3.69. The van der Waals surface area contributed by atoms with Crippen molar-refractivity contribution in [2.75, 3.05) is 0 Å². The quantitative estimate of drug-likeness (QED) is 0.712. The van der Waals surface area contributed by atoms with E-state index in [2.05, 4.69) is 61.9 Å². The smallest absolute Gasteiger partial charge is 0.0724 e. The molecular weight excluding hydrogens is 232 g/mol. The minimum Gasteiger partial charge on any atom is -0.0984 e. The van der Waals surface area contributed by atoms with E-state index in [0.29, 0.717) is 0 Å². The van der Waals surface area contributed by atoms with Gasteiger partial charge in [0, 0.05) is 0 Å². The van der Waals surface area contributed by atoms with E-state index in [4.69, 9.17) is 0 Å². The summed E-state index contributed by atoms with van der Waals surface area (Å²) in [5.74, 6) is 0. The van der Waals surface area contributed by atoms with Gasteiger partial charge in [0.1, 0.15) is 0 Å². The van der Waals surface area contributed by atoms with Gasteiger partial charge in [-0.2, -0.15) is 0 Å². The Morgan fingerprint density at radius 3 is 2.11 bits per heavy atom. The summed E-state index contributed by atoms with van der Waals surface area (Å²) in [5.41, 5.74) is 7.62. The van der Waals surface area contributed by atoms with Crippen LogP contribution < -0.4 is 5.19 Å². The van der Waals surface area contributed by atoms with Crippen LogP contribution in [-0.4, -0.2) is 10.2 Å². The molecule has 0 aromatic heterocycles. The number of rotatable bonds is 2. The molecule has 2 aromatic carbocycles. The Kier molecular flexibility index (Phi) is 3.53. The van der Waals surface area contributed by atoms with Gasteiger partial charge in [0.25, 0.3) is 0 Å². The molecule has 0 aliphatic rings. The lowest BCUT2D eigenvalue weighted by atomic mass is 9.90. The summed E-state index contributed by atoms with van der Waals surface area (Å²) in [6.45, 7) is 10.5. The Morgan fingerprint density at radius 2 is 1.56 bits per heavy atom. The van der Waals surface area contributed by atoms with Crippen LogP contribution in [0.2, 0.25) is 0 Å². The summed E-state index contributed by atoms with van der Waals surface area (Å²) in [4.78, 5) is 0. The molecule has 0 atom stereocenters. The summed E-state index contributed by atoms with van der Waals surface area (Å²) in [7, 11) is 3.80. The lowest BCUT2D eigenvalue weighted by molar-refractivity contribution is 1.27. The van der Waals surface area contributed by atoms with Gasteiger partial charge in [0.05, 0.1) is 10.2 Å². The second-order valence-corrected chi connectivity index (χ2v) is 5.11. The second-order valence-electron chi connectivity index (χ2n) is 4.61. The maximum absolute atomic E-state index is 3.97. The molecule has 0 aliphatic carbocycles. The maximum Gasteiger partial charge on any atom is 0.0724 e. The van der Waals surface area contributed by atoms with Crippen LogP contribution in [0.25, 0.3) is 17.2 Å². The van der Waals surface area contributed by atoms with Crippen molar-refractivity contribution >= 4 is 21.5 Å². The third-order valence-corrected chi connectivity index (χ3v) is 4.31. The lowest BCUT2D eigenvalue weighted by Crippen LogP contribution is -2.16. The minimum absolute atomic E-state index is 1.17. The van der Waals surface area contributed by atoms with Crippen molar-refractivity contribution in [3.05, 3.63) is 59.2 Å². The van der Waals surface area contributed by atoms with Crippen molar-refractivity contribution in [1.29, 1.82) is 0 Å². The maximum atomic E-state index is 3.97. The SMILES string of the molecule is C=Cc1c(C)c(C)c(C)c([Si])c1-c1ccccc1. The summed E-state index contributed by atoms with van der Waals surface area (Å²) in [6, 6.07) is 10.5. The molecule has 0 amide bonds. The first-order valence-corrected chi connectivity index (χ1v) is 6.61. The molecule has 0 heterocycles. The molecule has 2 aromatic rings. The van der Waals surface area contributed by atoms with Gasteiger partial charge < -0.3 is 0 Å². The monoisotopic (exact) mass is 249 g/mol. The second kappa shape index (κ2) is 4.95. The average Bonchev–Trinajstić information content (AvgIpc) is 2.41. The number of benzene rings is 2. The van der Waals surface area contributed by atoms with Gasteiger partial charge in [-0.05, 0) is 54.2 Å². The van der Waals surface area contributed by atoms with Crippen LogP contribution in [0.4, 0.5) is 0 Å². The topological polar surface area (TPSA) is 0 Å². The molecule has 0 bridgehead atoms. The summed E-state index contributed by atoms with van der Waals surface area (Å²) in [5, 5.41) is 1.17. The standard InChI is InChI=1S/C17H17Si/c1-5-15-12(3)11(2)13(4)17(18)16(15)14-9-7-6-8-10-14/h5-10H,1H2,2-4H3. The molecule has 3 radical (unpaired) electrons. The highest BCUT2D eigenvalue weighted by atomic mass is 28.1. The van der Waals surface area contributed by atoms with Gasteiger partial charge in [-0.15, -0.1) is 0 Å². The highest BCUT2D eigenvalue weighted by Crippen LogP contribution is 2.28. The van der Waals surface area contributed by atoms with E-state index < -0.39 is 0 Å². The van der Waals surface area contributed by atoms with Crippen LogP contribution in [0.3, 0.4) is 0 Å². The first kappa shape index (κ1) is 12.8. The van der Waals surface area contributed by atoms with E-state index in [9.17, 15) is 0 Å². The van der Waals surface area contributed by atoms with Gasteiger partial charge in [0.15, 0.2) is 0 Å². The van der Waals surface area contributed by atoms with Gasteiger partial charge in [0.2, 0.25) is 0 Å². The fraction of sp³-hybridized carbons (Fsp3) is 0.176. The van der Waals surface area contributed by atoms with Crippen molar-refractivity contribution in [2.24, 2.45) is 0 Å². The minimum atomic E-state index is 1.17. The van der Waals surface area contributed by atoms with E-state index in [-0.39, 0.29) is 0 Å². The molecule has 0 unspecified atom stereocenters. The zero-order valence-electron chi connectivity index (χ0n) is 11.2. The molecule has 0 aliphatic heterocycles. The molecule has 0 nitrogen and oxygen atoms in total. The van der Waals surface area contributed by atoms with E-state index in [1.807, 2.05) is 12.1 Å². The molecular formula is C17H17Si. The van der Waals surface area contributed by atoms with Crippen LogP contribution in [-0.2, 0) is 0 Å². The molecule has 0 saturated carbocycles. The van der Waals surface area contributed by atoms with Crippen molar-refractivity contribution in [3.63, 3.8) is 0 Å². The molecule has 1 heteroatoms. The molecule has 89 valence electrons. The third kappa shape index (κ3) is 1.95. The largest absolute Gasteiger partial charge is 0.0984 e. The van der Waals surface area contributed by atoms with Gasteiger partial charge in [-0.1, -0.05) is 48.2 Å². The molecule has 0 fully saturated rings. The lowest BCUT2D eigenvalue weighted by Gasteiger charge is -2.19. The fourth-order valence-electron chi connectivity index (χ4n) is 2.34. The predicted octanol–water partition coefficient (Wildman–Crippen LogP) is 3.72. The van der Waals surface area contributed by atoms with E-state index >= 15 is 0 Å². The molecule has 2 rings (SSSR count). The molecule has 18 heavy (non-hydrogen) atoms. The molecule has 0 saturated heterocycles. The van der Waals surface area contributed by atoms with Crippen molar-refractivity contribution in [2.45, 2.75) is 20.8 Å². The summed E-state index contributed by atoms with van der Waals surface area (Å²) >= 11 is 0. The van der Waals surface area contributed by atoms with Crippen LogP contribution >= 0.6 is 0 Å². The molecule has 0 spiro atoms. The van der Waals surface area contributed by atoms with Gasteiger partial charge in [-0.3, -0.25) is 0 Å². The summed E-state index contributed by atoms with van der Waals surface area (Å²) in [6.07, 6.45) is 1.95. The van der Waals surface area contributed by atoms with Crippen molar-refractivity contribution < 1.29 is 0 Å². The first-order chi connectivity index (χ1) is 8.57. The van der Waals surface area contributed by atoms with Crippen LogP contribution in [0, 0.1) is 20.8 Å². The van der Waals surface area contributed by atoms with Crippen molar-refractivity contribution in [3.8, 4) is 11.1 Å². The van der Waals surface area contributed by atoms with Crippen LogP contribution in [0.15, 0.2) is 36.9 Å². The highest BCUT2D eigenvalue weighted by Gasteiger charge is 2.14. The van der Waals surface area contributed by atoms with Gasteiger partial charge in [-0.25, -0.2) is 0 Å². The van der Waals surface area contributed by atoms with E-state index in [0.717, 1.165) is 0 Å². The van der Waals surface area contributed by atoms with E-state index in [1.54, 1.807) is 0 Å². The normalized spacial score (nSPS) is 10.4. The van der Waals surface area contributed by atoms with Crippen molar-refractivity contribution in [1.82, 2.24) is 0 Å². The van der Waals surface area contributed by atoms with E-state index in [1.165, 1.54) is 38.6 Å². The Morgan fingerprint density at radius 1 is 0.944 bits per heavy atom. The first-order valence-electron chi connectivity index (χ1n) is 6.11. The summed E-state index contributed by atoms with van der Waals surface area (Å²) < 4.78 is 0. The Bertz CT molecular complexity index is 595. The van der Waals surface area contributed by atoms with Gasteiger partial charge >= 0.3 is 0 Å². The molecule has 0 N–H and O–H groups in total. The predicted molar refractivity (Wildman–Crippen MR) is 81.6 cm³/mol.